The predicted octanol–water partition coefficient (Wildman–Crippen LogP) is 2.27. The molecule has 0 aliphatic carbocycles. The minimum absolute atomic E-state index is 0.171. The predicted molar refractivity (Wildman–Crippen MR) is 79.9 cm³/mol. The first kappa shape index (κ1) is 15.0. The van der Waals surface area contributed by atoms with E-state index in [9.17, 15) is 0 Å². The third-order valence-corrected chi connectivity index (χ3v) is 4.07. The van der Waals surface area contributed by atoms with Crippen molar-refractivity contribution in [1.82, 2.24) is 9.97 Å². The Balaban J connectivity index is 2.87. The minimum Gasteiger partial charge on any atom is -0.368 e. The van der Waals surface area contributed by atoms with Gasteiger partial charge in [-0.05, 0) is 26.5 Å². The molecule has 0 bridgehead atoms. The third-order valence-electron chi connectivity index (χ3n) is 2.82. The second-order valence-electron chi connectivity index (χ2n) is 4.76. The maximum Gasteiger partial charge on any atom is 0.148 e. The van der Waals surface area contributed by atoms with Gasteiger partial charge in [0.2, 0.25) is 0 Å². The van der Waals surface area contributed by atoms with Crippen LogP contribution in [0.4, 0.5) is 11.6 Å². The fourth-order valence-electron chi connectivity index (χ4n) is 1.54. The van der Waals surface area contributed by atoms with E-state index in [0.717, 1.165) is 30.8 Å². The van der Waals surface area contributed by atoms with Gasteiger partial charge in [-0.3, -0.25) is 0 Å². The Morgan fingerprint density at radius 3 is 2.56 bits per heavy atom. The van der Waals surface area contributed by atoms with Crippen LogP contribution in [0.25, 0.3) is 0 Å². The molecule has 0 aromatic carbocycles. The van der Waals surface area contributed by atoms with Crippen LogP contribution < -0.4 is 16.6 Å². The number of nitrogens with one attached hydrogen (secondary N) is 2. The maximum absolute atomic E-state index is 5.49. The van der Waals surface area contributed by atoms with Gasteiger partial charge in [-0.25, -0.2) is 15.8 Å². The fraction of sp³-hybridized carbons (Fsp3) is 0.667. The highest BCUT2D eigenvalue weighted by atomic mass is 32.2. The third kappa shape index (κ3) is 4.03. The molecule has 1 rings (SSSR count). The van der Waals surface area contributed by atoms with Crippen LogP contribution in [0.2, 0.25) is 0 Å². The zero-order chi connectivity index (χ0) is 13.6. The summed E-state index contributed by atoms with van der Waals surface area (Å²) in [6.45, 7) is 7.38. The van der Waals surface area contributed by atoms with Crippen molar-refractivity contribution >= 4 is 23.4 Å². The highest BCUT2D eigenvalue weighted by Gasteiger charge is 2.17. The molecule has 1 aromatic rings. The lowest BCUT2D eigenvalue weighted by Gasteiger charge is -2.23. The van der Waals surface area contributed by atoms with Gasteiger partial charge in [-0.1, -0.05) is 13.3 Å². The highest BCUT2D eigenvalue weighted by molar-refractivity contribution is 7.99. The number of nitrogen functional groups attached to an aromatic ring is 1. The monoisotopic (exact) mass is 269 g/mol. The number of anilines is 2. The number of hydrogen-bond acceptors (Lipinski definition) is 6. The first-order valence-corrected chi connectivity index (χ1v) is 7.36. The molecule has 0 radical (unpaired) electrons. The number of nitrogens with zero attached hydrogens (tertiary/aromatic N) is 2. The zero-order valence-electron chi connectivity index (χ0n) is 11.6. The summed E-state index contributed by atoms with van der Waals surface area (Å²) >= 11 is 1.83. The van der Waals surface area contributed by atoms with E-state index in [1.54, 1.807) is 0 Å². The molecule has 0 unspecified atom stereocenters. The first-order valence-electron chi connectivity index (χ1n) is 6.13. The van der Waals surface area contributed by atoms with Gasteiger partial charge >= 0.3 is 0 Å². The Bertz CT molecular complexity index is 381. The van der Waals surface area contributed by atoms with Crippen LogP contribution in [0, 0.1) is 0 Å². The van der Waals surface area contributed by atoms with E-state index in [1.165, 1.54) is 6.33 Å². The largest absolute Gasteiger partial charge is 0.368 e. The minimum atomic E-state index is 0.171. The van der Waals surface area contributed by atoms with Gasteiger partial charge in [0, 0.05) is 16.9 Å². The summed E-state index contributed by atoms with van der Waals surface area (Å²) in [6, 6.07) is 0. The summed E-state index contributed by atoms with van der Waals surface area (Å²) in [5.74, 6) is 7.07. The molecule has 1 aromatic heterocycles. The Kier molecular flexibility index (Phi) is 5.68. The molecule has 4 N–H and O–H groups in total. The van der Waals surface area contributed by atoms with Gasteiger partial charge in [-0.2, -0.15) is 11.8 Å². The van der Waals surface area contributed by atoms with E-state index >= 15 is 0 Å². The van der Waals surface area contributed by atoms with Crippen LogP contribution in [0.1, 0.15) is 32.8 Å². The van der Waals surface area contributed by atoms with Gasteiger partial charge in [-0.15, -0.1) is 0 Å². The molecule has 0 fully saturated rings. The van der Waals surface area contributed by atoms with Crippen molar-refractivity contribution in [3.05, 3.63) is 11.9 Å². The van der Waals surface area contributed by atoms with Crippen molar-refractivity contribution in [3.8, 4) is 0 Å². The van der Waals surface area contributed by atoms with Crippen molar-refractivity contribution in [1.29, 1.82) is 0 Å². The topological polar surface area (TPSA) is 75.9 Å². The zero-order valence-corrected chi connectivity index (χ0v) is 12.4. The Morgan fingerprint density at radius 1 is 1.33 bits per heavy atom. The molecule has 5 nitrogen and oxygen atoms in total. The number of nitrogens with two attached hydrogens (primary N) is 1. The smallest absolute Gasteiger partial charge is 0.148 e. The number of rotatable bonds is 7. The summed E-state index contributed by atoms with van der Waals surface area (Å²) < 4.78 is 0.171. The SMILES string of the molecule is CCCc1c(NN)ncnc1NCC(C)(C)SC. The molecular weight excluding hydrogens is 246 g/mol. The van der Waals surface area contributed by atoms with E-state index in [1.807, 2.05) is 11.8 Å². The normalized spacial score (nSPS) is 11.4. The summed E-state index contributed by atoms with van der Waals surface area (Å²) in [4.78, 5) is 8.46. The van der Waals surface area contributed by atoms with Crippen LogP contribution in [-0.4, -0.2) is 27.5 Å². The molecule has 0 spiro atoms. The van der Waals surface area contributed by atoms with Crippen molar-refractivity contribution in [2.24, 2.45) is 5.84 Å². The molecule has 0 atom stereocenters. The molecule has 0 aliphatic heterocycles. The van der Waals surface area contributed by atoms with Crippen molar-refractivity contribution < 1.29 is 0 Å². The van der Waals surface area contributed by atoms with E-state index < -0.39 is 0 Å². The average molecular weight is 269 g/mol. The molecule has 0 saturated heterocycles. The van der Waals surface area contributed by atoms with Crippen molar-refractivity contribution in [3.63, 3.8) is 0 Å². The maximum atomic E-state index is 5.49. The molecular formula is C12H23N5S. The van der Waals surface area contributed by atoms with Gasteiger partial charge in [0.05, 0.1) is 0 Å². The van der Waals surface area contributed by atoms with Crippen LogP contribution in [-0.2, 0) is 6.42 Å². The molecule has 1 heterocycles. The number of aromatic nitrogens is 2. The summed E-state index contributed by atoms with van der Waals surface area (Å²) in [5.41, 5.74) is 3.69. The van der Waals surface area contributed by atoms with Crippen LogP contribution in [0.15, 0.2) is 6.33 Å². The van der Waals surface area contributed by atoms with E-state index in [0.29, 0.717) is 5.82 Å². The molecule has 0 aliphatic rings. The van der Waals surface area contributed by atoms with E-state index in [2.05, 4.69) is 47.7 Å². The average Bonchev–Trinajstić information content (AvgIpc) is 2.38. The lowest BCUT2D eigenvalue weighted by atomic mass is 10.1. The summed E-state index contributed by atoms with van der Waals surface area (Å²) in [7, 11) is 0. The van der Waals surface area contributed by atoms with E-state index in [-0.39, 0.29) is 4.75 Å². The Labute approximate surface area is 113 Å². The number of thioether (sulfide) groups is 1. The number of hydrazine groups is 1. The second kappa shape index (κ2) is 6.80. The molecule has 6 heteroatoms. The summed E-state index contributed by atoms with van der Waals surface area (Å²) in [6.07, 6.45) is 5.58. The van der Waals surface area contributed by atoms with Gasteiger partial charge in [0.1, 0.15) is 18.0 Å². The Morgan fingerprint density at radius 2 is 2.00 bits per heavy atom. The van der Waals surface area contributed by atoms with Crippen LogP contribution in [0.3, 0.4) is 0 Å². The van der Waals surface area contributed by atoms with Gasteiger partial charge in [0.15, 0.2) is 0 Å². The van der Waals surface area contributed by atoms with Crippen LogP contribution >= 0.6 is 11.8 Å². The molecule has 102 valence electrons. The quantitative estimate of drug-likeness (QED) is 0.521. The van der Waals surface area contributed by atoms with Gasteiger partial charge < -0.3 is 10.7 Å². The van der Waals surface area contributed by atoms with Crippen molar-refractivity contribution in [2.45, 2.75) is 38.4 Å². The lowest BCUT2D eigenvalue weighted by Crippen LogP contribution is -2.27. The molecule has 18 heavy (non-hydrogen) atoms. The van der Waals surface area contributed by atoms with Gasteiger partial charge in [0.25, 0.3) is 0 Å². The van der Waals surface area contributed by atoms with E-state index in [4.69, 9.17) is 5.84 Å². The van der Waals surface area contributed by atoms with Crippen LogP contribution in [0.5, 0.6) is 0 Å². The second-order valence-corrected chi connectivity index (χ2v) is 6.27. The summed E-state index contributed by atoms with van der Waals surface area (Å²) in [5, 5.41) is 3.40. The standard InChI is InChI=1S/C12H23N5S/c1-5-6-9-10(14-7-12(2,3)18-4)15-8-16-11(9)17-13/h8H,5-7,13H2,1-4H3,(H2,14,15,16,17). The van der Waals surface area contributed by atoms with Crippen molar-refractivity contribution in [2.75, 3.05) is 23.5 Å². The number of hydrogen-bond donors (Lipinski definition) is 3. The lowest BCUT2D eigenvalue weighted by molar-refractivity contribution is 0.747. The molecule has 0 amide bonds. The highest BCUT2D eigenvalue weighted by Crippen LogP contribution is 2.24. The fourth-order valence-corrected chi connectivity index (χ4v) is 1.76. The first-order chi connectivity index (χ1) is 8.54. The Hall–Kier alpha value is -1.01. The molecule has 0 saturated carbocycles.